The number of aliphatic hydroxyl groups is 4. The van der Waals surface area contributed by atoms with E-state index in [1.54, 1.807) is 0 Å². The predicted octanol–water partition coefficient (Wildman–Crippen LogP) is -1.71. The van der Waals surface area contributed by atoms with Crippen LogP contribution in [0.1, 0.15) is 6.92 Å². The van der Waals surface area contributed by atoms with E-state index in [1.165, 1.54) is 6.92 Å². The minimum absolute atomic E-state index is 0.251. The molecule has 0 rings (SSSR count). The van der Waals surface area contributed by atoms with Crippen molar-refractivity contribution in [1.82, 2.24) is 0 Å². The van der Waals surface area contributed by atoms with Crippen molar-refractivity contribution in [2.75, 3.05) is 6.61 Å². The maximum absolute atomic E-state index is 8.73. The van der Waals surface area contributed by atoms with E-state index in [0.717, 1.165) is 0 Å². The maximum Gasteiger partial charge on any atom is 0.178 e. The van der Waals surface area contributed by atoms with E-state index in [-0.39, 0.29) is 6.61 Å². The zero-order chi connectivity index (χ0) is 7.44. The molecule has 0 amide bonds. The van der Waals surface area contributed by atoms with Gasteiger partial charge in [-0.05, 0) is 0 Å². The van der Waals surface area contributed by atoms with E-state index in [2.05, 4.69) is 0 Å². The molecule has 0 aliphatic heterocycles. The molecule has 0 saturated carbocycles. The van der Waals surface area contributed by atoms with Gasteiger partial charge in [-0.1, -0.05) is 6.92 Å². The van der Waals surface area contributed by atoms with Gasteiger partial charge in [-0.2, -0.15) is 0 Å². The van der Waals surface area contributed by atoms with Crippen molar-refractivity contribution in [3.05, 3.63) is 0 Å². The molecule has 0 aromatic carbocycles. The first-order valence-corrected chi connectivity index (χ1v) is 2.74. The number of hydrogen-bond donors (Lipinski definition) is 4. The van der Waals surface area contributed by atoms with Crippen LogP contribution in [-0.4, -0.2) is 39.4 Å². The molecule has 4 N–H and O–H groups in total. The molecule has 0 bridgehead atoms. The van der Waals surface area contributed by atoms with E-state index in [9.17, 15) is 0 Å². The minimum atomic E-state index is -1.76. The summed E-state index contributed by atoms with van der Waals surface area (Å²) in [5.74, 6) is -0.495. The average molecular weight is 136 g/mol. The van der Waals surface area contributed by atoms with Crippen LogP contribution in [0, 0.1) is 5.92 Å². The highest BCUT2D eigenvalue weighted by Gasteiger charge is 2.19. The standard InChI is InChI=1S/C5H12O4/c1-3(2-6)4(7)5(8)9/h3-9H,2H2,1H3/t3-,4?/m0/s1. The Morgan fingerprint density at radius 2 is 1.67 bits per heavy atom. The lowest BCUT2D eigenvalue weighted by Gasteiger charge is -2.17. The SMILES string of the molecule is C[C@@H](CO)C(O)C(O)O. The van der Waals surface area contributed by atoms with Gasteiger partial charge in [-0.15, -0.1) is 0 Å². The Morgan fingerprint density at radius 3 is 1.78 bits per heavy atom. The highest BCUT2D eigenvalue weighted by molar-refractivity contribution is 4.63. The van der Waals surface area contributed by atoms with Crippen molar-refractivity contribution in [1.29, 1.82) is 0 Å². The zero-order valence-corrected chi connectivity index (χ0v) is 5.23. The fraction of sp³-hybridized carbons (Fsp3) is 1.00. The number of aliphatic hydroxyl groups excluding tert-OH is 3. The van der Waals surface area contributed by atoms with Crippen LogP contribution in [0.15, 0.2) is 0 Å². The lowest BCUT2D eigenvalue weighted by molar-refractivity contribution is -0.143. The van der Waals surface area contributed by atoms with E-state index in [4.69, 9.17) is 20.4 Å². The summed E-state index contributed by atoms with van der Waals surface area (Å²) in [5, 5.41) is 33.7. The Kier molecular flexibility index (Phi) is 3.72. The van der Waals surface area contributed by atoms with Gasteiger partial charge in [-0.25, -0.2) is 0 Å². The van der Waals surface area contributed by atoms with Crippen LogP contribution in [0.25, 0.3) is 0 Å². The molecule has 0 radical (unpaired) electrons. The molecule has 0 saturated heterocycles. The van der Waals surface area contributed by atoms with Crippen molar-refractivity contribution in [2.24, 2.45) is 5.92 Å². The van der Waals surface area contributed by atoms with Crippen LogP contribution >= 0.6 is 0 Å². The summed E-state index contributed by atoms with van der Waals surface area (Å²) in [6.07, 6.45) is -3.01. The Labute approximate surface area is 53.4 Å². The highest BCUT2D eigenvalue weighted by Crippen LogP contribution is 2.03. The molecule has 56 valence electrons. The summed E-state index contributed by atoms with van der Waals surface area (Å²) in [4.78, 5) is 0. The van der Waals surface area contributed by atoms with Crippen molar-refractivity contribution >= 4 is 0 Å². The molecule has 4 nitrogen and oxygen atoms in total. The third-order valence-electron chi connectivity index (χ3n) is 1.18. The van der Waals surface area contributed by atoms with Crippen molar-refractivity contribution in [3.63, 3.8) is 0 Å². The van der Waals surface area contributed by atoms with Gasteiger partial charge in [0.05, 0.1) is 0 Å². The van der Waals surface area contributed by atoms with Crippen LogP contribution in [-0.2, 0) is 0 Å². The smallest absolute Gasteiger partial charge is 0.178 e. The largest absolute Gasteiger partial charge is 0.396 e. The quantitative estimate of drug-likeness (QED) is 0.348. The molecule has 0 aromatic heterocycles. The Bertz CT molecular complexity index is 73.4. The number of hydrogen-bond acceptors (Lipinski definition) is 4. The van der Waals surface area contributed by atoms with E-state index < -0.39 is 18.3 Å². The van der Waals surface area contributed by atoms with Crippen molar-refractivity contribution < 1.29 is 20.4 Å². The van der Waals surface area contributed by atoms with E-state index >= 15 is 0 Å². The molecule has 0 aliphatic carbocycles. The Hall–Kier alpha value is -0.160. The molecule has 4 heteroatoms. The summed E-state index contributed by atoms with van der Waals surface area (Å²) < 4.78 is 0. The van der Waals surface area contributed by atoms with E-state index in [1.807, 2.05) is 0 Å². The summed E-state index contributed by atoms with van der Waals surface area (Å²) in [7, 11) is 0. The molecule has 0 heterocycles. The first kappa shape index (κ1) is 8.84. The maximum atomic E-state index is 8.73. The summed E-state index contributed by atoms with van der Waals surface area (Å²) in [6.45, 7) is 1.27. The first-order valence-electron chi connectivity index (χ1n) is 2.74. The third kappa shape index (κ3) is 2.76. The molecule has 0 fully saturated rings. The van der Waals surface area contributed by atoms with Gasteiger partial charge in [0.2, 0.25) is 0 Å². The van der Waals surface area contributed by atoms with Crippen LogP contribution in [0.4, 0.5) is 0 Å². The highest BCUT2D eigenvalue weighted by atomic mass is 16.5. The van der Waals surface area contributed by atoms with Crippen LogP contribution < -0.4 is 0 Å². The van der Waals surface area contributed by atoms with Crippen molar-refractivity contribution in [2.45, 2.75) is 19.3 Å². The molecule has 0 aromatic rings. The second-order valence-electron chi connectivity index (χ2n) is 2.06. The third-order valence-corrected chi connectivity index (χ3v) is 1.18. The molecule has 2 atom stereocenters. The van der Waals surface area contributed by atoms with E-state index in [0.29, 0.717) is 0 Å². The fourth-order valence-electron chi connectivity index (χ4n) is 0.402. The first-order chi connectivity index (χ1) is 4.09. The predicted molar refractivity (Wildman–Crippen MR) is 30.5 cm³/mol. The minimum Gasteiger partial charge on any atom is -0.396 e. The van der Waals surface area contributed by atoms with Crippen molar-refractivity contribution in [3.8, 4) is 0 Å². The lowest BCUT2D eigenvalue weighted by Crippen LogP contribution is -2.33. The van der Waals surface area contributed by atoms with Gasteiger partial charge in [-0.3, -0.25) is 0 Å². The van der Waals surface area contributed by atoms with Gasteiger partial charge >= 0.3 is 0 Å². The van der Waals surface area contributed by atoms with Gasteiger partial charge < -0.3 is 20.4 Å². The van der Waals surface area contributed by atoms with Crippen LogP contribution in [0.5, 0.6) is 0 Å². The summed E-state index contributed by atoms with van der Waals surface area (Å²) in [6, 6.07) is 0. The molecule has 0 aliphatic rings. The normalized spacial score (nSPS) is 18.0. The monoisotopic (exact) mass is 136 g/mol. The molecular weight excluding hydrogens is 124 g/mol. The molecule has 9 heavy (non-hydrogen) atoms. The van der Waals surface area contributed by atoms with Crippen LogP contribution in [0.3, 0.4) is 0 Å². The van der Waals surface area contributed by atoms with Crippen LogP contribution in [0.2, 0.25) is 0 Å². The number of rotatable bonds is 3. The lowest BCUT2D eigenvalue weighted by atomic mass is 10.1. The summed E-state index contributed by atoms with van der Waals surface area (Å²) in [5.41, 5.74) is 0. The Morgan fingerprint density at radius 1 is 1.22 bits per heavy atom. The second kappa shape index (κ2) is 3.79. The molecule has 1 unspecified atom stereocenters. The molecular formula is C5H12O4. The molecule has 0 spiro atoms. The average Bonchev–Trinajstić information content (AvgIpc) is 1.84. The van der Waals surface area contributed by atoms with Gasteiger partial charge in [0.1, 0.15) is 6.10 Å². The zero-order valence-electron chi connectivity index (χ0n) is 5.23. The van der Waals surface area contributed by atoms with Gasteiger partial charge in [0.25, 0.3) is 0 Å². The van der Waals surface area contributed by atoms with Gasteiger partial charge in [0.15, 0.2) is 6.29 Å². The summed E-state index contributed by atoms with van der Waals surface area (Å²) >= 11 is 0. The second-order valence-corrected chi connectivity index (χ2v) is 2.06. The topological polar surface area (TPSA) is 80.9 Å². The fourth-order valence-corrected chi connectivity index (χ4v) is 0.402. The van der Waals surface area contributed by atoms with Gasteiger partial charge in [0, 0.05) is 12.5 Å². The Balaban J connectivity index is 3.58.